The number of benzene rings is 1. The number of nitrogens with zero attached hydrogens (tertiary/aromatic N) is 3. The SMILES string of the molecule is Cc1cc(C#N)cc(C)c1Oc1ccnc(NCCCCCC(=O)O)n1. The minimum Gasteiger partial charge on any atom is -0.481 e. The fourth-order valence-electron chi connectivity index (χ4n) is 2.54. The smallest absolute Gasteiger partial charge is 0.303 e. The molecule has 2 N–H and O–H groups in total. The molecule has 26 heavy (non-hydrogen) atoms. The highest BCUT2D eigenvalue weighted by molar-refractivity contribution is 5.66. The number of anilines is 1. The topological polar surface area (TPSA) is 108 Å². The molecule has 2 rings (SSSR count). The molecule has 7 nitrogen and oxygen atoms in total. The van der Waals surface area contributed by atoms with Gasteiger partial charge in [-0.15, -0.1) is 0 Å². The maximum absolute atomic E-state index is 10.5. The first kappa shape index (κ1) is 19.2. The number of aliphatic carboxylic acids is 1. The summed E-state index contributed by atoms with van der Waals surface area (Å²) in [7, 11) is 0. The van der Waals surface area contributed by atoms with Crippen molar-refractivity contribution in [2.24, 2.45) is 0 Å². The molecule has 0 saturated carbocycles. The van der Waals surface area contributed by atoms with Crippen LogP contribution < -0.4 is 10.1 Å². The van der Waals surface area contributed by atoms with Crippen LogP contribution in [0.4, 0.5) is 5.95 Å². The van der Waals surface area contributed by atoms with Crippen LogP contribution in [0.1, 0.15) is 42.4 Å². The lowest BCUT2D eigenvalue weighted by Gasteiger charge is -2.12. The number of carboxylic acid groups (broad SMARTS) is 1. The van der Waals surface area contributed by atoms with E-state index in [0.717, 1.165) is 24.0 Å². The number of rotatable bonds is 9. The van der Waals surface area contributed by atoms with Crippen LogP contribution in [-0.2, 0) is 4.79 Å². The third-order valence-electron chi connectivity index (χ3n) is 3.78. The zero-order chi connectivity index (χ0) is 18.9. The number of aromatic nitrogens is 2. The Morgan fingerprint density at radius 1 is 1.27 bits per heavy atom. The van der Waals surface area contributed by atoms with Gasteiger partial charge in [0.05, 0.1) is 11.6 Å². The second-order valence-corrected chi connectivity index (χ2v) is 6.00. The van der Waals surface area contributed by atoms with Crippen LogP contribution in [-0.4, -0.2) is 27.6 Å². The second kappa shape index (κ2) is 9.37. The minimum absolute atomic E-state index is 0.198. The number of nitriles is 1. The molecule has 0 unspecified atom stereocenters. The van der Waals surface area contributed by atoms with Crippen molar-refractivity contribution in [2.45, 2.75) is 39.5 Å². The van der Waals surface area contributed by atoms with Crippen LogP contribution in [0.25, 0.3) is 0 Å². The number of hydrogen-bond donors (Lipinski definition) is 2. The molecule has 0 spiro atoms. The highest BCUT2D eigenvalue weighted by Gasteiger charge is 2.09. The molecule has 0 aliphatic heterocycles. The van der Waals surface area contributed by atoms with E-state index >= 15 is 0 Å². The van der Waals surface area contributed by atoms with Crippen molar-refractivity contribution >= 4 is 11.9 Å². The fraction of sp³-hybridized carbons (Fsp3) is 0.368. The van der Waals surface area contributed by atoms with E-state index in [1.165, 1.54) is 0 Å². The minimum atomic E-state index is -0.764. The van der Waals surface area contributed by atoms with E-state index < -0.39 is 5.97 Å². The van der Waals surface area contributed by atoms with Crippen LogP contribution >= 0.6 is 0 Å². The van der Waals surface area contributed by atoms with Gasteiger partial charge in [-0.3, -0.25) is 4.79 Å². The number of carbonyl (C=O) groups is 1. The lowest BCUT2D eigenvalue weighted by Crippen LogP contribution is -2.06. The van der Waals surface area contributed by atoms with Gasteiger partial charge in [-0.05, 0) is 49.9 Å². The Balaban J connectivity index is 1.93. The van der Waals surface area contributed by atoms with Crippen LogP contribution in [0.15, 0.2) is 24.4 Å². The highest BCUT2D eigenvalue weighted by Crippen LogP contribution is 2.29. The summed E-state index contributed by atoms with van der Waals surface area (Å²) in [6.07, 6.45) is 4.15. The number of nitrogens with one attached hydrogen (secondary N) is 1. The first-order valence-electron chi connectivity index (χ1n) is 8.47. The maximum atomic E-state index is 10.5. The van der Waals surface area contributed by atoms with Crippen LogP contribution in [0.5, 0.6) is 11.6 Å². The van der Waals surface area contributed by atoms with Crippen molar-refractivity contribution in [3.05, 3.63) is 41.1 Å². The summed E-state index contributed by atoms with van der Waals surface area (Å²) >= 11 is 0. The maximum Gasteiger partial charge on any atom is 0.303 e. The molecule has 0 amide bonds. The average molecular weight is 354 g/mol. The quantitative estimate of drug-likeness (QED) is 0.659. The number of hydrogen-bond acceptors (Lipinski definition) is 6. The fourth-order valence-corrected chi connectivity index (χ4v) is 2.54. The Hall–Kier alpha value is -3.14. The predicted molar refractivity (Wildman–Crippen MR) is 97.3 cm³/mol. The molecule has 7 heteroatoms. The molecule has 0 fully saturated rings. The van der Waals surface area contributed by atoms with Crippen molar-refractivity contribution in [1.29, 1.82) is 5.26 Å². The van der Waals surface area contributed by atoms with Crippen molar-refractivity contribution in [2.75, 3.05) is 11.9 Å². The molecular weight excluding hydrogens is 332 g/mol. The third-order valence-corrected chi connectivity index (χ3v) is 3.78. The summed E-state index contributed by atoms with van der Waals surface area (Å²) in [4.78, 5) is 19.0. The Labute approximate surface area is 152 Å². The Morgan fingerprint density at radius 2 is 2.00 bits per heavy atom. The van der Waals surface area contributed by atoms with E-state index in [1.807, 2.05) is 13.8 Å². The summed E-state index contributed by atoms with van der Waals surface area (Å²) in [5.74, 6) is 0.802. The van der Waals surface area contributed by atoms with Gasteiger partial charge in [0.15, 0.2) is 0 Å². The first-order chi connectivity index (χ1) is 12.5. The number of carboxylic acids is 1. The van der Waals surface area contributed by atoms with E-state index in [2.05, 4.69) is 21.4 Å². The molecule has 0 bridgehead atoms. The van der Waals surface area contributed by atoms with Crippen LogP contribution in [0.3, 0.4) is 0 Å². The van der Waals surface area contributed by atoms with Crippen molar-refractivity contribution in [3.63, 3.8) is 0 Å². The molecule has 0 radical (unpaired) electrons. The average Bonchev–Trinajstić information content (AvgIpc) is 2.61. The van der Waals surface area contributed by atoms with Gasteiger partial charge in [0.2, 0.25) is 11.8 Å². The molecule has 2 aromatic rings. The lowest BCUT2D eigenvalue weighted by atomic mass is 10.1. The molecular formula is C19H22N4O3. The van der Waals surface area contributed by atoms with E-state index in [0.29, 0.717) is 36.1 Å². The predicted octanol–water partition coefficient (Wildman–Crippen LogP) is 3.81. The Bertz CT molecular complexity index is 792. The van der Waals surface area contributed by atoms with Gasteiger partial charge in [0.25, 0.3) is 0 Å². The monoisotopic (exact) mass is 354 g/mol. The molecule has 0 aliphatic carbocycles. The van der Waals surface area contributed by atoms with Crippen molar-refractivity contribution in [3.8, 4) is 17.7 Å². The lowest BCUT2D eigenvalue weighted by molar-refractivity contribution is -0.137. The van der Waals surface area contributed by atoms with E-state index in [4.69, 9.17) is 15.1 Å². The standard InChI is InChI=1S/C19H22N4O3/c1-13-10-15(12-20)11-14(2)18(13)26-16-7-9-22-19(23-16)21-8-5-3-4-6-17(24)25/h7,9-11H,3-6,8H2,1-2H3,(H,24,25)(H,21,22,23). The van der Waals surface area contributed by atoms with Gasteiger partial charge < -0.3 is 15.2 Å². The summed E-state index contributed by atoms with van der Waals surface area (Å²) in [5, 5.41) is 20.7. The van der Waals surface area contributed by atoms with Crippen LogP contribution in [0.2, 0.25) is 0 Å². The Kier molecular flexibility index (Phi) is 6.92. The van der Waals surface area contributed by atoms with Gasteiger partial charge in [-0.25, -0.2) is 4.98 Å². The normalized spacial score (nSPS) is 10.2. The molecule has 1 aromatic carbocycles. The van der Waals surface area contributed by atoms with E-state index in [1.54, 1.807) is 24.4 Å². The molecule has 0 atom stereocenters. The van der Waals surface area contributed by atoms with Gasteiger partial charge >= 0.3 is 5.97 Å². The summed E-state index contributed by atoms with van der Waals surface area (Å²) < 4.78 is 5.89. The molecule has 136 valence electrons. The van der Waals surface area contributed by atoms with E-state index in [-0.39, 0.29) is 6.42 Å². The number of ether oxygens (including phenoxy) is 1. The molecule has 0 aliphatic rings. The van der Waals surface area contributed by atoms with Gasteiger partial charge in [-0.2, -0.15) is 10.2 Å². The van der Waals surface area contributed by atoms with Gasteiger partial charge in [-0.1, -0.05) is 6.42 Å². The van der Waals surface area contributed by atoms with Crippen molar-refractivity contribution in [1.82, 2.24) is 9.97 Å². The Morgan fingerprint density at radius 3 is 2.65 bits per heavy atom. The first-order valence-corrected chi connectivity index (χ1v) is 8.47. The number of unbranched alkanes of at least 4 members (excludes halogenated alkanes) is 2. The zero-order valence-electron chi connectivity index (χ0n) is 15.0. The van der Waals surface area contributed by atoms with Crippen molar-refractivity contribution < 1.29 is 14.6 Å². The third kappa shape index (κ3) is 5.74. The molecule has 0 saturated heterocycles. The summed E-state index contributed by atoms with van der Waals surface area (Å²) in [6, 6.07) is 7.36. The van der Waals surface area contributed by atoms with Gasteiger partial charge in [0, 0.05) is 25.2 Å². The van der Waals surface area contributed by atoms with Crippen LogP contribution in [0, 0.1) is 25.2 Å². The largest absolute Gasteiger partial charge is 0.481 e. The van der Waals surface area contributed by atoms with E-state index in [9.17, 15) is 4.79 Å². The summed E-state index contributed by atoms with van der Waals surface area (Å²) in [5.41, 5.74) is 2.33. The number of aryl methyl sites for hydroxylation is 2. The van der Waals surface area contributed by atoms with Gasteiger partial charge in [0.1, 0.15) is 5.75 Å². The molecule has 1 aromatic heterocycles. The second-order valence-electron chi connectivity index (χ2n) is 6.00. The zero-order valence-corrected chi connectivity index (χ0v) is 15.0. The highest BCUT2D eigenvalue weighted by atomic mass is 16.5. The molecule has 1 heterocycles. The summed E-state index contributed by atoms with van der Waals surface area (Å²) in [6.45, 7) is 4.44.